The first kappa shape index (κ1) is 14.3. The summed E-state index contributed by atoms with van der Waals surface area (Å²) < 4.78 is 5.46. The van der Waals surface area contributed by atoms with Gasteiger partial charge in [-0.2, -0.15) is 0 Å². The van der Waals surface area contributed by atoms with Crippen LogP contribution in [0, 0.1) is 5.92 Å². The fourth-order valence-electron chi connectivity index (χ4n) is 3.45. The summed E-state index contributed by atoms with van der Waals surface area (Å²) in [5, 5.41) is 0. The Balaban J connectivity index is 1.66. The molecule has 0 N–H and O–H groups in total. The number of nitrogens with zero attached hydrogens (tertiary/aromatic N) is 2. The summed E-state index contributed by atoms with van der Waals surface area (Å²) >= 11 is 0. The van der Waals surface area contributed by atoms with E-state index in [0.29, 0.717) is 6.04 Å². The van der Waals surface area contributed by atoms with E-state index < -0.39 is 0 Å². The second-order valence-corrected chi connectivity index (χ2v) is 5.99. The van der Waals surface area contributed by atoms with E-state index in [0.717, 1.165) is 25.7 Å². The molecule has 0 amide bonds. The van der Waals surface area contributed by atoms with Crippen molar-refractivity contribution in [2.75, 3.05) is 45.9 Å². The molecule has 1 aliphatic carbocycles. The number of ether oxygens (including phenoxy) is 1. The molecule has 1 atom stereocenters. The van der Waals surface area contributed by atoms with Crippen LogP contribution < -0.4 is 0 Å². The van der Waals surface area contributed by atoms with Gasteiger partial charge in [-0.15, -0.1) is 0 Å². The minimum atomic E-state index is 0.695. The van der Waals surface area contributed by atoms with Crippen LogP contribution in [0.2, 0.25) is 0 Å². The maximum Gasteiger partial charge on any atom is 0.0593 e. The molecule has 3 heteroatoms. The lowest BCUT2D eigenvalue weighted by molar-refractivity contribution is 0.0440. The topological polar surface area (TPSA) is 15.7 Å². The summed E-state index contributed by atoms with van der Waals surface area (Å²) in [6.45, 7) is 12.4. The van der Waals surface area contributed by atoms with Gasteiger partial charge < -0.3 is 9.64 Å². The van der Waals surface area contributed by atoms with Crippen LogP contribution in [0.4, 0.5) is 0 Å². The summed E-state index contributed by atoms with van der Waals surface area (Å²) in [6.07, 6.45) is 5.88. The maximum atomic E-state index is 5.46. The van der Waals surface area contributed by atoms with Crippen LogP contribution in [0.1, 0.15) is 39.5 Å². The van der Waals surface area contributed by atoms with Crippen molar-refractivity contribution in [3.63, 3.8) is 0 Å². The van der Waals surface area contributed by atoms with Crippen molar-refractivity contribution in [3.8, 4) is 0 Å². The Bertz CT molecular complexity index is 229. The zero-order chi connectivity index (χ0) is 12.8. The Morgan fingerprint density at radius 1 is 1.17 bits per heavy atom. The molecule has 106 valence electrons. The molecule has 0 bridgehead atoms. The molecule has 0 radical (unpaired) electrons. The largest absolute Gasteiger partial charge is 0.380 e. The molecule has 18 heavy (non-hydrogen) atoms. The lowest BCUT2D eigenvalue weighted by Crippen LogP contribution is -2.53. The standard InChI is InChI=1S/C15H30N2O/c1-3-18-11-10-17-9-8-16(12-14(17)2)13-15-6-4-5-7-15/h14-15H,3-13H2,1-2H3. The monoisotopic (exact) mass is 254 g/mol. The Hall–Kier alpha value is -0.120. The van der Waals surface area contributed by atoms with Gasteiger partial charge in [0.1, 0.15) is 0 Å². The summed E-state index contributed by atoms with van der Waals surface area (Å²) in [6, 6.07) is 0.695. The smallest absolute Gasteiger partial charge is 0.0593 e. The Morgan fingerprint density at radius 3 is 2.61 bits per heavy atom. The Morgan fingerprint density at radius 2 is 1.94 bits per heavy atom. The average Bonchev–Trinajstić information content (AvgIpc) is 2.85. The van der Waals surface area contributed by atoms with E-state index in [9.17, 15) is 0 Å². The molecule has 0 spiro atoms. The third-order valence-corrected chi connectivity index (χ3v) is 4.57. The summed E-state index contributed by atoms with van der Waals surface area (Å²) in [4.78, 5) is 5.28. The molecule has 3 nitrogen and oxygen atoms in total. The van der Waals surface area contributed by atoms with E-state index in [4.69, 9.17) is 4.74 Å². The molecular formula is C15H30N2O. The lowest BCUT2D eigenvalue weighted by atomic mass is 10.1. The van der Waals surface area contributed by atoms with E-state index >= 15 is 0 Å². The first-order chi connectivity index (χ1) is 8.79. The maximum absolute atomic E-state index is 5.46. The average molecular weight is 254 g/mol. The van der Waals surface area contributed by atoms with Gasteiger partial charge in [0, 0.05) is 45.4 Å². The fourth-order valence-corrected chi connectivity index (χ4v) is 3.45. The van der Waals surface area contributed by atoms with E-state index in [1.807, 2.05) is 0 Å². The van der Waals surface area contributed by atoms with E-state index in [-0.39, 0.29) is 0 Å². The van der Waals surface area contributed by atoms with Crippen LogP contribution in [0.25, 0.3) is 0 Å². The minimum Gasteiger partial charge on any atom is -0.380 e. The second-order valence-electron chi connectivity index (χ2n) is 5.99. The second kappa shape index (κ2) is 7.46. The highest BCUT2D eigenvalue weighted by Gasteiger charge is 2.26. The van der Waals surface area contributed by atoms with Gasteiger partial charge in [0.15, 0.2) is 0 Å². The predicted molar refractivity (Wildman–Crippen MR) is 75.9 cm³/mol. The lowest BCUT2D eigenvalue weighted by Gasteiger charge is -2.40. The molecule has 0 aromatic carbocycles. The third kappa shape index (κ3) is 4.22. The summed E-state index contributed by atoms with van der Waals surface area (Å²) in [5.41, 5.74) is 0. The normalized spacial score (nSPS) is 28.0. The minimum absolute atomic E-state index is 0.695. The van der Waals surface area contributed by atoms with Crippen LogP contribution in [-0.2, 0) is 4.74 Å². The fraction of sp³-hybridized carbons (Fsp3) is 1.00. The van der Waals surface area contributed by atoms with Crippen molar-refractivity contribution in [1.29, 1.82) is 0 Å². The predicted octanol–water partition coefficient (Wildman–Crippen LogP) is 2.22. The highest BCUT2D eigenvalue weighted by Crippen LogP contribution is 2.26. The molecule has 2 aliphatic rings. The van der Waals surface area contributed by atoms with E-state index in [1.165, 1.54) is 51.9 Å². The molecule has 1 saturated carbocycles. The van der Waals surface area contributed by atoms with Gasteiger partial charge in [0.25, 0.3) is 0 Å². The number of rotatable bonds is 6. The number of hydrogen-bond donors (Lipinski definition) is 0. The SMILES string of the molecule is CCOCCN1CCN(CC2CCCC2)CC1C. The van der Waals surface area contributed by atoms with Gasteiger partial charge in [-0.05, 0) is 32.6 Å². The molecule has 1 saturated heterocycles. The highest BCUT2D eigenvalue weighted by molar-refractivity contribution is 4.81. The van der Waals surface area contributed by atoms with E-state index in [2.05, 4.69) is 23.6 Å². The number of hydrogen-bond acceptors (Lipinski definition) is 3. The van der Waals surface area contributed by atoms with Crippen molar-refractivity contribution in [2.45, 2.75) is 45.6 Å². The van der Waals surface area contributed by atoms with Gasteiger partial charge in [-0.3, -0.25) is 4.90 Å². The van der Waals surface area contributed by atoms with Crippen molar-refractivity contribution in [1.82, 2.24) is 9.80 Å². The highest BCUT2D eigenvalue weighted by atomic mass is 16.5. The molecule has 2 fully saturated rings. The molecule has 0 aromatic heterocycles. The van der Waals surface area contributed by atoms with Gasteiger partial charge in [-0.1, -0.05) is 12.8 Å². The van der Waals surface area contributed by atoms with Crippen molar-refractivity contribution < 1.29 is 4.74 Å². The zero-order valence-electron chi connectivity index (χ0n) is 12.2. The van der Waals surface area contributed by atoms with Crippen molar-refractivity contribution >= 4 is 0 Å². The Kier molecular flexibility index (Phi) is 5.93. The quantitative estimate of drug-likeness (QED) is 0.676. The summed E-state index contributed by atoms with van der Waals surface area (Å²) in [7, 11) is 0. The van der Waals surface area contributed by atoms with Crippen LogP contribution in [-0.4, -0.2) is 61.8 Å². The van der Waals surface area contributed by atoms with Gasteiger partial charge in [-0.25, -0.2) is 0 Å². The Labute approximate surface area is 112 Å². The number of piperazine rings is 1. The first-order valence-electron chi connectivity index (χ1n) is 7.83. The van der Waals surface area contributed by atoms with Crippen molar-refractivity contribution in [2.24, 2.45) is 5.92 Å². The van der Waals surface area contributed by atoms with E-state index in [1.54, 1.807) is 0 Å². The van der Waals surface area contributed by atoms with Crippen molar-refractivity contribution in [3.05, 3.63) is 0 Å². The molecule has 1 heterocycles. The van der Waals surface area contributed by atoms with Crippen LogP contribution in [0.3, 0.4) is 0 Å². The van der Waals surface area contributed by atoms with Gasteiger partial charge in [0.2, 0.25) is 0 Å². The molecule has 1 aliphatic heterocycles. The van der Waals surface area contributed by atoms with Crippen LogP contribution in [0.5, 0.6) is 0 Å². The molecule has 1 unspecified atom stereocenters. The van der Waals surface area contributed by atoms with Gasteiger partial charge >= 0.3 is 0 Å². The summed E-state index contributed by atoms with van der Waals surface area (Å²) in [5.74, 6) is 0.993. The first-order valence-corrected chi connectivity index (χ1v) is 7.83. The third-order valence-electron chi connectivity index (χ3n) is 4.57. The molecule has 2 rings (SSSR count). The molecule has 0 aromatic rings. The van der Waals surface area contributed by atoms with Crippen LogP contribution in [0.15, 0.2) is 0 Å². The zero-order valence-corrected chi connectivity index (χ0v) is 12.2. The van der Waals surface area contributed by atoms with Gasteiger partial charge in [0.05, 0.1) is 6.61 Å². The molecular weight excluding hydrogens is 224 g/mol. The van der Waals surface area contributed by atoms with Crippen LogP contribution >= 0.6 is 0 Å².